The number of nitrogens with one attached hydrogen (secondary N) is 1. The molecule has 27 heavy (non-hydrogen) atoms. The van der Waals surface area contributed by atoms with Crippen LogP contribution < -0.4 is 10.2 Å². The van der Waals surface area contributed by atoms with E-state index in [2.05, 4.69) is 70.7 Å². The summed E-state index contributed by atoms with van der Waals surface area (Å²) in [4.78, 5) is 10.0. The molecule has 138 valence electrons. The highest BCUT2D eigenvalue weighted by Gasteiger charge is 2.20. The van der Waals surface area contributed by atoms with Gasteiger partial charge in [0, 0.05) is 61.6 Å². The molecule has 0 bridgehead atoms. The molecule has 1 fully saturated rings. The Labute approximate surface area is 160 Å². The lowest BCUT2D eigenvalue weighted by atomic mass is 10.0. The fraction of sp³-hybridized carbons (Fsp3) is 0.348. The van der Waals surface area contributed by atoms with E-state index < -0.39 is 0 Å². The second-order valence-electron chi connectivity index (χ2n) is 7.79. The van der Waals surface area contributed by atoms with Gasteiger partial charge < -0.3 is 15.1 Å². The first-order chi connectivity index (χ1) is 13.3. The second kappa shape index (κ2) is 6.86. The van der Waals surface area contributed by atoms with Crippen LogP contribution in [0.15, 0.2) is 48.5 Å². The number of likely N-dealkylation sites (N-methyl/N-ethyl adjacent to an activating group) is 1. The van der Waals surface area contributed by atoms with Gasteiger partial charge in [0.05, 0.1) is 5.52 Å². The van der Waals surface area contributed by atoms with Gasteiger partial charge in [-0.1, -0.05) is 30.3 Å². The molecule has 1 saturated heterocycles. The Morgan fingerprint density at radius 3 is 2.63 bits per heavy atom. The van der Waals surface area contributed by atoms with Crippen LogP contribution in [0.25, 0.3) is 10.9 Å². The molecule has 2 aromatic carbocycles. The standard InChI is InChI=1S/C23H26N4/c1-26-9-11-27(12-10-26)23-15-19(13-17-5-3-2-4-6-17)25-22-14-18-7-8-24-21(18)16-20(22)23/h2-6,14-16,24H,7-13H2,1H3. The van der Waals surface area contributed by atoms with Crippen molar-refractivity contribution < 1.29 is 0 Å². The van der Waals surface area contributed by atoms with Crippen molar-refractivity contribution in [2.45, 2.75) is 12.8 Å². The number of aromatic nitrogens is 1. The minimum atomic E-state index is 0.882. The summed E-state index contributed by atoms with van der Waals surface area (Å²) in [6.45, 7) is 5.41. The van der Waals surface area contributed by atoms with Crippen LogP contribution in [0.2, 0.25) is 0 Å². The zero-order chi connectivity index (χ0) is 18.2. The van der Waals surface area contributed by atoms with Crippen LogP contribution in [0.4, 0.5) is 11.4 Å². The van der Waals surface area contributed by atoms with E-state index >= 15 is 0 Å². The lowest BCUT2D eigenvalue weighted by molar-refractivity contribution is 0.313. The molecule has 4 heteroatoms. The highest BCUT2D eigenvalue weighted by Crippen LogP contribution is 2.34. The number of fused-ring (bicyclic) bond motifs is 2. The molecule has 3 aromatic rings. The molecule has 0 aliphatic carbocycles. The summed E-state index contributed by atoms with van der Waals surface area (Å²) >= 11 is 0. The molecule has 1 N–H and O–H groups in total. The van der Waals surface area contributed by atoms with Crippen LogP contribution in [-0.2, 0) is 12.8 Å². The van der Waals surface area contributed by atoms with Crippen molar-refractivity contribution in [1.29, 1.82) is 0 Å². The molecule has 0 radical (unpaired) electrons. The molecule has 5 rings (SSSR count). The first kappa shape index (κ1) is 16.6. The zero-order valence-electron chi connectivity index (χ0n) is 15.9. The van der Waals surface area contributed by atoms with Gasteiger partial charge >= 0.3 is 0 Å². The number of nitrogens with zero attached hydrogens (tertiary/aromatic N) is 3. The third-order valence-corrected chi connectivity index (χ3v) is 5.85. The van der Waals surface area contributed by atoms with Crippen molar-refractivity contribution in [2.24, 2.45) is 0 Å². The van der Waals surface area contributed by atoms with Crippen molar-refractivity contribution >= 4 is 22.3 Å². The molecule has 0 atom stereocenters. The van der Waals surface area contributed by atoms with Crippen molar-refractivity contribution in [2.75, 3.05) is 50.0 Å². The Morgan fingerprint density at radius 2 is 1.81 bits per heavy atom. The molecule has 0 unspecified atom stereocenters. The molecule has 0 spiro atoms. The number of rotatable bonds is 3. The van der Waals surface area contributed by atoms with Gasteiger partial charge in [-0.05, 0) is 42.8 Å². The Bertz CT molecular complexity index is 959. The third-order valence-electron chi connectivity index (χ3n) is 5.85. The van der Waals surface area contributed by atoms with E-state index in [1.54, 1.807) is 0 Å². The number of pyridine rings is 1. The number of hydrogen-bond acceptors (Lipinski definition) is 4. The molecular formula is C23H26N4. The number of benzene rings is 2. The van der Waals surface area contributed by atoms with E-state index in [-0.39, 0.29) is 0 Å². The average Bonchev–Trinajstić information content (AvgIpc) is 3.14. The van der Waals surface area contributed by atoms with Crippen LogP contribution in [0.5, 0.6) is 0 Å². The zero-order valence-corrected chi connectivity index (χ0v) is 15.9. The fourth-order valence-corrected chi connectivity index (χ4v) is 4.26. The second-order valence-corrected chi connectivity index (χ2v) is 7.79. The van der Waals surface area contributed by atoms with Crippen LogP contribution in [0.1, 0.15) is 16.8 Å². The van der Waals surface area contributed by atoms with Gasteiger partial charge in [0.15, 0.2) is 0 Å². The minimum absolute atomic E-state index is 0.882. The first-order valence-electron chi connectivity index (χ1n) is 9.94. The summed E-state index contributed by atoms with van der Waals surface area (Å²) in [6.07, 6.45) is 1.98. The third kappa shape index (κ3) is 3.26. The Balaban J connectivity index is 1.60. The smallest absolute Gasteiger partial charge is 0.0730 e. The van der Waals surface area contributed by atoms with E-state index in [1.165, 1.54) is 27.9 Å². The molecule has 2 aliphatic rings. The lowest BCUT2D eigenvalue weighted by Crippen LogP contribution is -2.44. The van der Waals surface area contributed by atoms with Gasteiger partial charge in [0.2, 0.25) is 0 Å². The monoisotopic (exact) mass is 358 g/mol. The quantitative estimate of drug-likeness (QED) is 0.776. The predicted octanol–water partition coefficient (Wildman–Crippen LogP) is 3.55. The summed E-state index contributed by atoms with van der Waals surface area (Å²) in [7, 11) is 2.21. The molecule has 0 amide bonds. The van der Waals surface area contributed by atoms with E-state index in [4.69, 9.17) is 4.98 Å². The van der Waals surface area contributed by atoms with Gasteiger partial charge in [-0.2, -0.15) is 0 Å². The normalized spacial score (nSPS) is 17.1. The SMILES string of the molecule is CN1CCN(c2cc(Cc3ccccc3)nc3cc4c(cc23)NCC4)CC1. The molecule has 1 aromatic heterocycles. The maximum Gasteiger partial charge on any atom is 0.0730 e. The van der Waals surface area contributed by atoms with E-state index in [1.807, 2.05) is 0 Å². The van der Waals surface area contributed by atoms with Crippen LogP contribution in [0, 0.1) is 0 Å². The maximum absolute atomic E-state index is 5.05. The highest BCUT2D eigenvalue weighted by atomic mass is 15.2. The maximum atomic E-state index is 5.05. The Morgan fingerprint density at radius 1 is 1.00 bits per heavy atom. The van der Waals surface area contributed by atoms with Crippen molar-refractivity contribution in [3.8, 4) is 0 Å². The fourth-order valence-electron chi connectivity index (χ4n) is 4.26. The van der Waals surface area contributed by atoms with Gasteiger partial charge in [0.1, 0.15) is 0 Å². The molecule has 0 saturated carbocycles. The van der Waals surface area contributed by atoms with Gasteiger partial charge in [-0.15, -0.1) is 0 Å². The van der Waals surface area contributed by atoms with Gasteiger partial charge in [-0.3, -0.25) is 4.98 Å². The molecule has 4 nitrogen and oxygen atoms in total. The summed E-state index contributed by atoms with van der Waals surface area (Å²) in [5, 5.41) is 4.81. The van der Waals surface area contributed by atoms with Crippen LogP contribution in [-0.4, -0.2) is 49.7 Å². The first-order valence-corrected chi connectivity index (χ1v) is 9.94. The van der Waals surface area contributed by atoms with Crippen molar-refractivity contribution in [3.05, 3.63) is 65.4 Å². The summed E-state index contributed by atoms with van der Waals surface area (Å²) in [5.74, 6) is 0. The van der Waals surface area contributed by atoms with E-state index in [0.29, 0.717) is 0 Å². The lowest BCUT2D eigenvalue weighted by Gasteiger charge is -2.35. The van der Waals surface area contributed by atoms with Gasteiger partial charge in [0.25, 0.3) is 0 Å². The number of anilines is 2. The summed E-state index contributed by atoms with van der Waals surface area (Å²) < 4.78 is 0. The average molecular weight is 358 g/mol. The van der Waals surface area contributed by atoms with Crippen molar-refractivity contribution in [3.63, 3.8) is 0 Å². The van der Waals surface area contributed by atoms with Crippen molar-refractivity contribution in [1.82, 2.24) is 9.88 Å². The number of piperazine rings is 1. The Kier molecular flexibility index (Phi) is 4.21. The molecule has 2 aliphatic heterocycles. The Hall–Kier alpha value is -2.59. The number of hydrogen-bond donors (Lipinski definition) is 1. The minimum Gasteiger partial charge on any atom is -0.384 e. The summed E-state index contributed by atoms with van der Waals surface area (Å²) in [5.41, 5.74) is 7.65. The van der Waals surface area contributed by atoms with Gasteiger partial charge in [-0.25, -0.2) is 0 Å². The van der Waals surface area contributed by atoms with Crippen LogP contribution in [0.3, 0.4) is 0 Å². The summed E-state index contributed by atoms with van der Waals surface area (Å²) in [6, 6.07) is 17.6. The molecular weight excluding hydrogens is 332 g/mol. The van der Waals surface area contributed by atoms with Crippen LogP contribution >= 0.6 is 0 Å². The largest absolute Gasteiger partial charge is 0.384 e. The highest BCUT2D eigenvalue weighted by molar-refractivity contribution is 5.95. The van der Waals surface area contributed by atoms with E-state index in [9.17, 15) is 0 Å². The molecule has 3 heterocycles. The predicted molar refractivity (Wildman–Crippen MR) is 113 cm³/mol. The van der Waals surface area contributed by atoms with E-state index in [0.717, 1.165) is 56.8 Å². The topological polar surface area (TPSA) is 31.4 Å².